The molecule has 2 heterocycles. The standard InChI is InChI=1S/C18H24FN3O/c1-3-22-12-16(11-21-22)18-15(7-8-23-18)10-20-13(2)14-5-4-6-17(19)9-14/h4-6,9,11-13,15,18,20H,3,7-8,10H2,1-2H3/t13-,15+,18+/m0/s1. The summed E-state index contributed by atoms with van der Waals surface area (Å²) in [6, 6.07) is 6.89. The minimum atomic E-state index is -0.190. The van der Waals surface area contributed by atoms with E-state index in [2.05, 4.69) is 30.5 Å². The summed E-state index contributed by atoms with van der Waals surface area (Å²) in [5, 5.41) is 7.86. The number of ether oxygens (including phenoxy) is 1. The Hall–Kier alpha value is -1.72. The van der Waals surface area contributed by atoms with Crippen LogP contribution in [0.5, 0.6) is 0 Å². The third-order valence-electron chi connectivity index (χ3n) is 4.55. The Kier molecular flexibility index (Phi) is 5.08. The van der Waals surface area contributed by atoms with Gasteiger partial charge < -0.3 is 10.1 Å². The summed E-state index contributed by atoms with van der Waals surface area (Å²) in [6.45, 7) is 6.63. The number of hydrogen-bond acceptors (Lipinski definition) is 3. The SMILES string of the molecule is CCn1cc([C@@H]2OCC[C@@H]2CN[C@@H](C)c2cccc(F)c2)cn1. The second-order valence-corrected chi connectivity index (χ2v) is 6.15. The van der Waals surface area contributed by atoms with Gasteiger partial charge in [0.25, 0.3) is 0 Å². The molecule has 1 aromatic heterocycles. The van der Waals surface area contributed by atoms with Gasteiger partial charge in [0, 0.05) is 43.4 Å². The summed E-state index contributed by atoms with van der Waals surface area (Å²) in [5.41, 5.74) is 2.12. The van der Waals surface area contributed by atoms with Crippen LogP contribution in [-0.2, 0) is 11.3 Å². The summed E-state index contributed by atoms with van der Waals surface area (Å²) >= 11 is 0. The lowest BCUT2D eigenvalue weighted by Crippen LogP contribution is -2.27. The average molecular weight is 317 g/mol. The fraction of sp³-hybridized carbons (Fsp3) is 0.500. The largest absolute Gasteiger partial charge is 0.373 e. The molecule has 0 aliphatic carbocycles. The molecule has 0 unspecified atom stereocenters. The van der Waals surface area contributed by atoms with Crippen LogP contribution in [0, 0.1) is 11.7 Å². The minimum Gasteiger partial charge on any atom is -0.373 e. The van der Waals surface area contributed by atoms with Crippen molar-refractivity contribution >= 4 is 0 Å². The summed E-state index contributed by atoms with van der Waals surface area (Å²) in [5.74, 6) is 0.228. The van der Waals surface area contributed by atoms with E-state index in [1.165, 1.54) is 6.07 Å². The normalized spacial score (nSPS) is 22.4. The Morgan fingerprint density at radius 3 is 3.09 bits per heavy atom. The summed E-state index contributed by atoms with van der Waals surface area (Å²) in [4.78, 5) is 0. The number of aromatic nitrogens is 2. The van der Waals surface area contributed by atoms with Crippen LogP contribution < -0.4 is 5.32 Å². The van der Waals surface area contributed by atoms with Gasteiger partial charge in [-0.2, -0.15) is 5.10 Å². The smallest absolute Gasteiger partial charge is 0.123 e. The molecule has 5 heteroatoms. The zero-order valence-electron chi connectivity index (χ0n) is 13.7. The lowest BCUT2D eigenvalue weighted by atomic mass is 9.96. The number of rotatable bonds is 6. The quantitative estimate of drug-likeness (QED) is 0.886. The van der Waals surface area contributed by atoms with Crippen molar-refractivity contribution in [1.82, 2.24) is 15.1 Å². The highest BCUT2D eigenvalue weighted by Gasteiger charge is 2.30. The van der Waals surface area contributed by atoms with Crippen LogP contribution in [0.1, 0.15) is 43.5 Å². The van der Waals surface area contributed by atoms with Crippen molar-refractivity contribution in [2.45, 2.75) is 39.0 Å². The fourth-order valence-corrected chi connectivity index (χ4v) is 3.13. The van der Waals surface area contributed by atoms with Gasteiger partial charge in [-0.1, -0.05) is 12.1 Å². The Morgan fingerprint density at radius 1 is 1.48 bits per heavy atom. The highest BCUT2D eigenvalue weighted by atomic mass is 19.1. The van der Waals surface area contributed by atoms with E-state index >= 15 is 0 Å². The van der Waals surface area contributed by atoms with Crippen molar-refractivity contribution in [1.29, 1.82) is 0 Å². The van der Waals surface area contributed by atoms with Gasteiger partial charge in [0.05, 0.1) is 12.3 Å². The topological polar surface area (TPSA) is 39.1 Å². The third-order valence-corrected chi connectivity index (χ3v) is 4.55. The Balaban J connectivity index is 1.60. The van der Waals surface area contributed by atoms with Crippen LogP contribution in [0.2, 0.25) is 0 Å². The molecule has 1 aliphatic rings. The molecule has 23 heavy (non-hydrogen) atoms. The molecule has 1 aliphatic heterocycles. The van der Waals surface area contributed by atoms with E-state index in [4.69, 9.17) is 4.74 Å². The first-order valence-electron chi connectivity index (χ1n) is 8.30. The van der Waals surface area contributed by atoms with Crippen LogP contribution in [0.15, 0.2) is 36.7 Å². The predicted octanol–water partition coefficient (Wildman–Crippen LogP) is 3.47. The predicted molar refractivity (Wildman–Crippen MR) is 87.5 cm³/mol. The van der Waals surface area contributed by atoms with Crippen LogP contribution in [-0.4, -0.2) is 22.9 Å². The van der Waals surface area contributed by atoms with E-state index in [0.29, 0.717) is 5.92 Å². The molecule has 0 spiro atoms. The molecule has 1 fully saturated rings. The van der Waals surface area contributed by atoms with E-state index in [0.717, 1.165) is 37.2 Å². The number of aryl methyl sites for hydroxylation is 1. The van der Waals surface area contributed by atoms with Gasteiger partial charge >= 0.3 is 0 Å². The molecular weight excluding hydrogens is 293 g/mol. The Morgan fingerprint density at radius 2 is 2.35 bits per heavy atom. The molecule has 2 aromatic rings. The Labute approximate surface area is 136 Å². The summed E-state index contributed by atoms with van der Waals surface area (Å²) in [6.07, 6.45) is 5.11. The van der Waals surface area contributed by atoms with E-state index < -0.39 is 0 Å². The first kappa shape index (κ1) is 16.1. The maximum Gasteiger partial charge on any atom is 0.123 e. The molecule has 1 N–H and O–H groups in total. The number of nitrogens with zero attached hydrogens (tertiary/aromatic N) is 2. The van der Waals surface area contributed by atoms with Gasteiger partial charge in [0.1, 0.15) is 5.82 Å². The second-order valence-electron chi connectivity index (χ2n) is 6.15. The highest BCUT2D eigenvalue weighted by Crippen LogP contribution is 2.34. The molecule has 1 saturated heterocycles. The monoisotopic (exact) mass is 317 g/mol. The van der Waals surface area contributed by atoms with Gasteiger partial charge in [-0.3, -0.25) is 4.68 Å². The van der Waals surface area contributed by atoms with Crippen LogP contribution >= 0.6 is 0 Å². The molecule has 124 valence electrons. The first-order chi connectivity index (χ1) is 11.2. The van der Waals surface area contributed by atoms with Gasteiger partial charge in [-0.15, -0.1) is 0 Å². The minimum absolute atomic E-state index is 0.0995. The van der Waals surface area contributed by atoms with E-state index in [1.807, 2.05) is 16.9 Å². The average Bonchev–Trinajstić information content (AvgIpc) is 3.21. The molecule has 0 bridgehead atoms. The zero-order valence-corrected chi connectivity index (χ0v) is 13.7. The number of hydrogen-bond donors (Lipinski definition) is 1. The van der Waals surface area contributed by atoms with Gasteiger partial charge in [-0.25, -0.2) is 4.39 Å². The third kappa shape index (κ3) is 3.79. The molecule has 3 rings (SSSR count). The van der Waals surface area contributed by atoms with Crippen LogP contribution in [0.25, 0.3) is 0 Å². The number of halogens is 1. The summed E-state index contributed by atoms with van der Waals surface area (Å²) in [7, 11) is 0. The lowest BCUT2D eigenvalue weighted by molar-refractivity contribution is 0.0898. The van der Waals surface area contributed by atoms with E-state index in [9.17, 15) is 4.39 Å². The van der Waals surface area contributed by atoms with Crippen molar-refractivity contribution in [2.75, 3.05) is 13.2 Å². The van der Waals surface area contributed by atoms with Gasteiger partial charge in [0.15, 0.2) is 0 Å². The molecule has 4 nitrogen and oxygen atoms in total. The molecular formula is C18H24FN3O. The fourth-order valence-electron chi connectivity index (χ4n) is 3.13. The van der Waals surface area contributed by atoms with E-state index in [1.54, 1.807) is 12.1 Å². The van der Waals surface area contributed by atoms with Crippen molar-refractivity contribution < 1.29 is 9.13 Å². The molecule has 3 atom stereocenters. The summed E-state index contributed by atoms with van der Waals surface area (Å²) < 4.78 is 21.2. The Bertz CT molecular complexity index is 643. The first-order valence-corrected chi connectivity index (χ1v) is 8.30. The van der Waals surface area contributed by atoms with Crippen molar-refractivity contribution in [2.24, 2.45) is 5.92 Å². The number of nitrogens with one attached hydrogen (secondary N) is 1. The molecule has 0 saturated carbocycles. The lowest BCUT2D eigenvalue weighted by Gasteiger charge is -2.21. The van der Waals surface area contributed by atoms with Crippen LogP contribution in [0.3, 0.4) is 0 Å². The molecule has 0 radical (unpaired) electrons. The van der Waals surface area contributed by atoms with E-state index in [-0.39, 0.29) is 18.0 Å². The van der Waals surface area contributed by atoms with Gasteiger partial charge in [-0.05, 0) is 38.0 Å². The van der Waals surface area contributed by atoms with Gasteiger partial charge in [0.2, 0.25) is 0 Å². The number of benzene rings is 1. The van der Waals surface area contributed by atoms with Crippen molar-refractivity contribution in [3.8, 4) is 0 Å². The highest BCUT2D eigenvalue weighted by molar-refractivity contribution is 5.19. The second kappa shape index (κ2) is 7.23. The van der Waals surface area contributed by atoms with Crippen molar-refractivity contribution in [3.63, 3.8) is 0 Å². The molecule has 1 aromatic carbocycles. The maximum atomic E-state index is 13.3. The molecule has 0 amide bonds. The van der Waals surface area contributed by atoms with Crippen molar-refractivity contribution in [3.05, 3.63) is 53.6 Å². The maximum absolute atomic E-state index is 13.3. The zero-order chi connectivity index (χ0) is 16.2. The van der Waals surface area contributed by atoms with Crippen LogP contribution in [0.4, 0.5) is 4.39 Å².